The summed E-state index contributed by atoms with van der Waals surface area (Å²) in [7, 11) is 1.35. The molecule has 0 fully saturated rings. The Morgan fingerprint density at radius 2 is 1.41 bits per heavy atom. The van der Waals surface area contributed by atoms with Gasteiger partial charge in [-0.3, -0.25) is 9.98 Å². The summed E-state index contributed by atoms with van der Waals surface area (Å²) in [6.45, 7) is 1.16. The fourth-order valence-electron chi connectivity index (χ4n) is 2.79. The van der Waals surface area contributed by atoms with Crippen LogP contribution in [0.1, 0.15) is 43.0 Å². The SMILES string of the molecule is COC(=O)c1ccc2c(c1)C(N)=NC2.NC1=NCc2ccc(C(=O)O)cc21. The Bertz CT molecular complexity index is 995. The molecule has 0 unspecified atom stereocenters. The van der Waals surface area contributed by atoms with E-state index >= 15 is 0 Å². The molecule has 0 amide bonds. The van der Waals surface area contributed by atoms with Crippen molar-refractivity contribution in [3.8, 4) is 0 Å². The number of amidine groups is 2. The van der Waals surface area contributed by atoms with E-state index in [4.69, 9.17) is 16.6 Å². The van der Waals surface area contributed by atoms with E-state index in [-0.39, 0.29) is 11.5 Å². The van der Waals surface area contributed by atoms with Crippen LogP contribution in [0.5, 0.6) is 0 Å². The van der Waals surface area contributed by atoms with Crippen molar-refractivity contribution in [3.63, 3.8) is 0 Å². The summed E-state index contributed by atoms with van der Waals surface area (Å²) in [5, 5.41) is 8.72. The number of nitrogens with zero attached hydrogens (tertiary/aromatic N) is 2. The minimum atomic E-state index is -0.942. The van der Waals surface area contributed by atoms with E-state index in [1.165, 1.54) is 7.11 Å². The zero-order valence-corrected chi connectivity index (χ0v) is 14.6. The van der Waals surface area contributed by atoms with E-state index in [9.17, 15) is 9.59 Å². The molecular weight excluding hydrogens is 348 g/mol. The lowest BCUT2D eigenvalue weighted by molar-refractivity contribution is 0.0599. The Labute approximate surface area is 155 Å². The van der Waals surface area contributed by atoms with Gasteiger partial charge in [0.2, 0.25) is 0 Å². The number of rotatable bonds is 2. The molecule has 0 spiro atoms. The molecule has 0 bridgehead atoms. The number of carboxylic acids is 1. The molecule has 27 heavy (non-hydrogen) atoms. The van der Waals surface area contributed by atoms with Gasteiger partial charge in [0, 0.05) is 11.1 Å². The first-order valence-corrected chi connectivity index (χ1v) is 8.08. The quantitative estimate of drug-likeness (QED) is 0.684. The molecule has 0 saturated heterocycles. The van der Waals surface area contributed by atoms with Crippen LogP contribution in [-0.4, -0.2) is 35.8 Å². The van der Waals surface area contributed by atoms with Gasteiger partial charge in [-0.15, -0.1) is 0 Å². The number of fused-ring (bicyclic) bond motifs is 2. The van der Waals surface area contributed by atoms with E-state index < -0.39 is 5.97 Å². The van der Waals surface area contributed by atoms with Crippen LogP contribution in [0.4, 0.5) is 0 Å². The first-order chi connectivity index (χ1) is 12.9. The van der Waals surface area contributed by atoms with Gasteiger partial charge < -0.3 is 21.3 Å². The molecule has 2 heterocycles. The molecule has 0 saturated carbocycles. The van der Waals surface area contributed by atoms with Crippen molar-refractivity contribution >= 4 is 23.6 Å². The number of benzene rings is 2. The Morgan fingerprint density at radius 1 is 0.926 bits per heavy atom. The number of esters is 1. The maximum Gasteiger partial charge on any atom is 0.337 e. The zero-order chi connectivity index (χ0) is 19.6. The highest BCUT2D eigenvalue weighted by molar-refractivity contribution is 6.03. The average Bonchev–Trinajstić information content (AvgIpc) is 3.24. The maximum absolute atomic E-state index is 11.2. The molecule has 2 aliphatic rings. The molecule has 138 valence electrons. The molecule has 2 aromatic rings. The molecule has 2 aliphatic heterocycles. The number of methoxy groups -OCH3 is 1. The number of hydrogen-bond donors (Lipinski definition) is 3. The highest BCUT2D eigenvalue weighted by atomic mass is 16.5. The maximum atomic E-state index is 11.2. The second kappa shape index (κ2) is 7.28. The van der Waals surface area contributed by atoms with Crippen molar-refractivity contribution in [1.82, 2.24) is 0 Å². The lowest BCUT2D eigenvalue weighted by atomic mass is 10.1. The smallest absolute Gasteiger partial charge is 0.337 e. The summed E-state index contributed by atoms with van der Waals surface area (Å²) in [5.41, 5.74) is 15.6. The summed E-state index contributed by atoms with van der Waals surface area (Å²) in [6.07, 6.45) is 0. The van der Waals surface area contributed by atoms with Gasteiger partial charge >= 0.3 is 11.9 Å². The molecule has 2 aromatic carbocycles. The van der Waals surface area contributed by atoms with Crippen molar-refractivity contribution in [2.45, 2.75) is 13.1 Å². The molecule has 4 rings (SSSR count). The van der Waals surface area contributed by atoms with Crippen LogP contribution in [0.3, 0.4) is 0 Å². The number of aromatic carboxylic acids is 1. The average molecular weight is 366 g/mol. The Balaban J connectivity index is 0.000000156. The first kappa shape index (κ1) is 18.1. The molecular formula is C19H18N4O4. The number of carbonyl (C=O) groups excluding carboxylic acids is 1. The highest BCUT2D eigenvalue weighted by Crippen LogP contribution is 2.19. The Kier molecular flexibility index (Phi) is 4.89. The van der Waals surface area contributed by atoms with Gasteiger partial charge in [-0.25, -0.2) is 9.59 Å². The number of hydrogen-bond acceptors (Lipinski definition) is 7. The van der Waals surface area contributed by atoms with Crippen LogP contribution < -0.4 is 11.5 Å². The highest BCUT2D eigenvalue weighted by Gasteiger charge is 2.16. The number of carboxylic acid groups (broad SMARTS) is 1. The summed E-state index contributed by atoms with van der Waals surface area (Å²) in [5.74, 6) is -0.376. The molecule has 0 aliphatic carbocycles. The minimum absolute atomic E-state index is 0.249. The summed E-state index contributed by atoms with van der Waals surface area (Å²) >= 11 is 0. The van der Waals surface area contributed by atoms with E-state index in [1.54, 1.807) is 30.3 Å². The second-order valence-corrected chi connectivity index (χ2v) is 5.94. The standard InChI is InChI=1S/C10H10N2O2.C9H8N2O2/c1-14-10(13)6-2-3-7-5-12-9(11)8(7)4-6;10-8-7-3-5(9(12)13)1-2-6(7)4-11-8/h2-4H,5H2,1H3,(H2,11,12);1-3H,4H2,(H2,10,11)(H,12,13). The third kappa shape index (κ3) is 3.64. The van der Waals surface area contributed by atoms with Gasteiger partial charge in [-0.1, -0.05) is 12.1 Å². The van der Waals surface area contributed by atoms with Crippen molar-refractivity contribution in [3.05, 3.63) is 69.8 Å². The first-order valence-electron chi connectivity index (χ1n) is 8.08. The van der Waals surface area contributed by atoms with Crippen LogP contribution in [0.15, 0.2) is 46.4 Å². The number of ether oxygens (including phenoxy) is 1. The molecule has 5 N–H and O–H groups in total. The molecule has 8 nitrogen and oxygen atoms in total. The monoisotopic (exact) mass is 366 g/mol. The third-order valence-electron chi connectivity index (χ3n) is 4.28. The Morgan fingerprint density at radius 3 is 1.89 bits per heavy atom. The van der Waals surface area contributed by atoms with Gasteiger partial charge in [0.1, 0.15) is 11.7 Å². The number of carbonyl (C=O) groups is 2. The predicted octanol–water partition coefficient (Wildman–Crippen LogP) is 1.30. The lowest BCUT2D eigenvalue weighted by Gasteiger charge is -2.02. The predicted molar refractivity (Wildman–Crippen MR) is 100 cm³/mol. The summed E-state index contributed by atoms with van der Waals surface area (Å²) in [4.78, 5) is 29.9. The van der Waals surface area contributed by atoms with Gasteiger partial charge in [0.15, 0.2) is 0 Å². The van der Waals surface area contributed by atoms with Crippen LogP contribution >= 0.6 is 0 Å². The molecule has 0 aromatic heterocycles. The summed E-state index contributed by atoms with van der Waals surface area (Å²) in [6, 6.07) is 10.2. The number of aliphatic imine (C=N–C) groups is 2. The minimum Gasteiger partial charge on any atom is -0.478 e. The zero-order valence-electron chi connectivity index (χ0n) is 14.6. The topological polar surface area (TPSA) is 140 Å². The van der Waals surface area contributed by atoms with Gasteiger partial charge in [-0.05, 0) is 35.4 Å². The summed E-state index contributed by atoms with van der Waals surface area (Å²) < 4.78 is 4.61. The van der Waals surface area contributed by atoms with Crippen LogP contribution in [-0.2, 0) is 17.8 Å². The van der Waals surface area contributed by atoms with Crippen LogP contribution in [0.2, 0.25) is 0 Å². The van der Waals surface area contributed by atoms with Gasteiger partial charge in [0.05, 0.1) is 31.3 Å². The van der Waals surface area contributed by atoms with Crippen LogP contribution in [0.25, 0.3) is 0 Å². The van der Waals surface area contributed by atoms with E-state index in [0.29, 0.717) is 30.3 Å². The molecule has 8 heteroatoms. The fourth-order valence-corrected chi connectivity index (χ4v) is 2.79. The third-order valence-corrected chi connectivity index (χ3v) is 4.28. The lowest BCUT2D eigenvalue weighted by Crippen LogP contribution is -2.12. The van der Waals surface area contributed by atoms with Crippen LogP contribution in [0, 0.1) is 0 Å². The molecule has 0 radical (unpaired) electrons. The fraction of sp³-hybridized carbons (Fsp3) is 0.158. The second-order valence-electron chi connectivity index (χ2n) is 5.94. The van der Waals surface area contributed by atoms with E-state index in [2.05, 4.69) is 14.7 Å². The van der Waals surface area contributed by atoms with Crippen molar-refractivity contribution in [2.24, 2.45) is 21.5 Å². The van der Waals surface area contributed by atoms with Crippen molar-refractivity contribution < 1.29 is 19.4 Å². The largest absolute Gasteiger partial charge is 0.478 e. The number of nitrogens with two attached hydrogens (primary N) is 2. The van der Waals surface area contributed by atoms with E-state index in [0.717, 1.165) is 22.3 Å². The molecule has 0 atom stereocenters. The van der Waals surface area contributed by atoms with Crippen molar-refractivity contribution in [1.29, 1.82) is 0 Å². The van der Waals surface area contributed by atoms with E-state index in [1.807, 2.05) is 6.07 Å². The van der Waals surface area contributed by atoms with Crippen molar-refractivity contribution in [2.75, 3.05) is 7.11 Å². The van der Waals surface area contributed by atoms with Gasteiger partial charge in [0.25, 0.3) is 0 Å². The Hall–Kier alpha value is -3.68. The normalized spacial score (nSPS) is 13.5. The van der Waals surface area contributed by atoms with Gasteiger partial charge in [-0.2, -0.15) is 0 Å².